The predicted octanol–water partition coefficient (Wildman–Crippen LogP) is 2.56. The highest BCUT2D eigenvalue weighted by Gasteiger charge is 2.21. The number of thiophene rings is 1. The smallest absolute Gasteiger partial charge is 0.349 e. The molecule has 2 rings (SSSR count). The van der Waals surface area contributed by atoms with Gasteiger partial charge < -0.3 is 10.1 Å². The van der Waals surface area contributed by atoms with E-state index in [1.165, 1.54) is 26.1 Å². The molecular weight excluding hydrogens is 335 g/mol. The Morgan fingerprint density at radius 2 is 1.79 bits per heavy atom. The summed E-state index contributed by atoms with van der Waals surface area (Å²) in [7, 11) is 1.36. The fraction of sp³-hybridized carbons (Fsp3) is 0.188. The second-order valence-corrected chi connectivity index (χ2v) is 5.87. The van der Waals surface area contributed by atoms with Crippen LogP contribution in [0.25, 0.3) is 10.4 Å². The summed E-state index contributed by atoms with van der Waals surface area (Å²) in [6.07, 6.45) is -1.12. The van der Waals surface area contributed by atoms with E-state index < -0.39 is 24.0 Å². The van der Waals surface area contributed by atoms with Crippen molar-refractivity contribution in [3.63, 3.8) is 0 Å². The average Bonchev–Trinajstić information content (AvgIpc) is 3.05. The lowest BCUT2D eigenvalue weighted by atomic mass is 10.2. The minimum absolute atomic E-state index is 0.300. The number of hydrogen-bond donors (Lipinski definition) is 2. The van der Waals surface area contributed by atoms with Crippen LogP contribution in [-0.4, -0.2) is 31.1 Å². The van der Waals surface area contributed by atoms with Crippen molar-refractivity contribution in [2.45, 2.75) is 13.0 Å². The topological polar surface area (TPSA) is 84.5 Å². The normalized spacial score (nSPS) is 11.5. The number of esters is 1. The molecule has 2 aromatic rings. The molecule has 0 fully saturated rings. The zero-order chi connectivity index (χ0) is 17.7. The number of hydrogen-bond acceptors (Lipinski definition) is 5. The van der Waals surface area contributed by atoms with Gasteiger partial charge in [-0.1, -0.05) is 12.1 Å². The van der Waals surface area contributed by atoms with Gasteiger partial charge in [0.1, 0.15) is 10.7 Å². The first-order chi connectivity index (χ1) is 11.4. The molecule has 0 spiro atoms. The standard InChI is InChI=1S/C16H15FN2O4S/c1-9(14(20)19-16(22)18-2)23-15(21)13-8-7-12(24-13)10-3-5-11(17)6-4-10/h3-9H,1-2H3,(H2,18,19,20,22). The molecular formula is C16H15FN2O4S. The van der Waals surface area contributed by atoms with E-state index in [1.54, 1.807) is 24.3 Å². The summed E-state index contributed by atoms with van der Waals surface area (Å²) < 4.78 is 18.0. The largest absolute Gasteiger partial charge is 0.448 e. The Balaban J connectivity index is 2.02. The van der Waals surface area contributed by atoms with Gasteiger partial charge in [-0.3, -0.25) is 10.1 Å². The molecule has 2 N–H and O–H groups in total. The Morgan fingerprint density at radius 1 is 1.12 bits per heavy atom. The van der Waals surface area contributed by atoms with Gasteiger partial charge >= 0.3 is 12.0 Å². The van der Waals surface area contributed by atoms with Crippen molar-refractivity contribution >= 4 is 29.2 Å². The van der Waals surface area contributed by atoms with Crippen molar-refractivity contribution in [2.75, 3.05) is 7.05 Å². The molecule has 3 amide bonds. The molecule has 24 heavy (non-hydrogen) atoms. The maximum atomic E-state index is 12.9. The third-order valence-electron chi connectivity index (χ3n) is 3.05. The van der Waals surface area contributed by atoms with Crippen molar-refractivity contribution in [1.29, 1.82) is 0 Å². The van der Waals surface area contributed by atoms with E-state index in [0.29, 0.717) is 4.88 Å². The highest BCUT2D eigenvalue weighted by molar-refractivity contribution is 7.17. The molecule has 1 aromatic carbocycles. The zero-order valence-corrected chi connectivity index (χ0v) is 13.8. The average molecular weight is 350 g/mol. The lowest BCUT2D eigenvalue weighted by Gasteiger charge is -2.11. The van der Waals surface area contributed by atoms with Crippen molar-refractivity contribution in [3.8, 4) is 10.4 Å². The third kappa shape index (κ3) is 4.39. The van der Waals surface area contributed by atoms with Crippen LogP contribution in [0.3, 0.4) is 0 Å². The molecule has 8 heteroatoms. The number of benzene rings is 1. The van der Waals surface area contributed by atoms with Gasteiger partial charge in [0.2, 0.25) is 0 Å². The van der Waals surface area contributed by atoms with Crippen LogP contribution in [0, 0.1) is 5.82 Å². The fourth-order valence-electron chi connectivity index (χ4n) is 1.77. The number of carbonyl (C=O) groups excluding carboxylic acids is 3. The second kappa shape index (κ2) is 7.69. The zero-order valence-electron chi connectivity index (χ0n) is 13.0. The minimum atomic E-state index is -1.12. The SMILES string of the molecule is CNC(=O)NC(=O)C(C)OC(=O)c1ccc(-c2ccc(F)cc2)s1. The summed E-state index contributed by atoms with van der Waals surface area (Å²) in [5, 5.41) is 4.25. The van der Waals surface area contributed by atoms with Gasteiger partial charge in [-0.2, -0.15) is 0 Å². The van der Waals surface area contributed by atoms with E-state index >= 15 is 0 Å². The van der Waals surface area contributed by atoms with Crippen molar-refractivity contribution in [3.05, 3.63) is 47.1 Å². The Bertz CT molecular complexity index is 758. The van der Waals surface area contributed by atoms with Crippen LogP contribution in [0.1, 0.15) is 16.6 Å². The molecule has 0 radical (unpaired) electrons. The fourth-order valence-corrected chi connectivity index (χ4v) is 2.66. The molecule has 1 heterocycles. The van der Waals surface area contributed by atoms with E-state index in [0.717, 1.165) is 21.8 Å². The molecule has 0 aliphatic rings. The molecule has 0 saturated heterocycles. The molecule has 1 atom stereocenters. The highest BCUT2D eigenvalue weighted by Crippen LogP contribution is 2.28. The predicted molar refractivity (Wildman–Crippen MR) is 87.2 cm³/mol. The summed E-state index contributed by atoms with van der Waals surface area (Å²) in [5.74, 6) is -1.74. The summed E-state index contributed by atoms with van der Waals surface area (Å²) >= 11 is 1.16. The lowest BCUT2D eigenvalue weighted by Crippen LogP contribution is -2.43. The van der Waals surface area contributed by atoms with E-state index in [2.05, 4.69) is 5.32 Å². The van der Waals surface area contributed by atoms with E-state index in [4.69, 9.17) is 4.74 Å². The Hall–Kier alpha value is -2.74. The maximum Gasteiger partial charge on any atom is 0.349 e. The summed E-state index contributed by atoms with van der Waals surface area (Å²) in [6, 6.07) is 8.47. The lowest BCUT2D eigenvalue weighted by molar-refractivity contribution is -0.127. The van der Waals surface area contributed by atoms with E-state index in [-0.39, 0.29) is 5.82 Å². The molecule has 0 aliphatic heterocycles. The first kappa shape index (κ1) is 17.6. The monoisotopic (exact) mass is 350 g/mol. The van der Waals surface area contributed by atoms with Gasteiger partial charge in [-0.05, 0) is 36.8 Å². The van der Waals surface area contributed by atoms with E-state index in [1.807, 2.05) is 5.32 Å². The van der Waals surface area contributed by atoms with Crippen LogP contribution in [-0.2, 0) is 9.53 Å². The van der Waals surface area contributed by atoms with Gasteiger partial charge in [0.25, 0.3) is 5.91 Å². The van der Waals surface area contributed by atoms with Gasteiger partial charge in [0.05, 0.1) is 0 Å². The maximum absolute atomic E-state index is 12.9. The third-order valence-corrected chi connectivity index (χ3v) is 4.17. The molecule has 0 bridgehead atoms. The van der Waals surface area contributed by atoms with Gasteiger partial charge in [-0.15, -0.1) is 11.3 Å². The quantitative estimate of drug-likeness (QED) is 0.830. The van der Waals surface area contributed by atoms with Crippen LogP contribution in [0.15, 0.2) is 36.4 Å². The molecule has 1 aromatic heterocycles. The number of amides is 3. The number of imide groups is 1. The molecule has 126 valence electrons. The summed E-state index contributed by atoms with van der Waals surface area (Å²) in [5.41, 5.74) is 0.769. The summed E-state index contributed by atoms with van der Waals surface area (Å²) in [4.78, 5) is 35.8. The van der Waals surface area contributed by atoms with Gasteiger partial charge in [0.15, 0.2) is 6.10 Å². The Morgan fingerprint density at radius 3 is 2.42 bits per heavy atom. The minimum Gasteiger partial charge on any atom is -0.448 e. The molecule has 1 unspecified atom stereocenters. The van der Waals surface area contributed by atoms with Crippen LogP contribution >= 0.6 is 11.3 Å². The number of ether oxygens (including phenoxy) is 1. The van der Waals surface area contributed by atoms with Crippen LogP contribution in [0.4, 0.5) is 9.18 Å². The highest BCUT2D eigenvalue weighted by atomic mass is 32.1. The van der Waals surface area contributed by atoms with E-state index in [9.17, 15) is 18.8 Å². The number of carbonyl (C=O) groups is 3. The second-order valence-electron chi connectivity index (χ2n) is 4.79. The number of nitrogens with one attached hydrogen (secondary N) is 2. The summed E-state index contributed by atoms with van der Waals surface area (Å²) in [6.45, 7) is 1.37. The molecule has 0 saturated carbocycles. The molecule has 6 nitrogen and oxygen atoms in total. The van der Waals surface area contributed by atoms with Crippen molar-refractivity contribution in [2.24, 2.45) is 0 Å². The van der Waals surface area contributed by atoms with Gasteiger partial charge in [0, 0.05) is 11.9 Å². The van der Waals surface area contributed by atoms with Gasteiger partial charge in [-0.25, -0.2) is 14.0 Å². The molecule has 0 aliphatic carbocycles. The Labute approximate surface area is 141 Å². The van der Waals surface area contributed by atoms with Crippen molar-refractivity contribution < 1.29 is 23.5 Å². The number of halogens is 1. The number of urea groups is 1. The first-order valence-corrected chi connectivity index (χ1v) is 7.81. The first-order valence-electron chi connectivity index (χ1n) is 7.00. The van der Waals surface area contributed by atoms with Crippen LogP contribution in [0.2, 0.25) is 0 Å². The Kier molecular flexibility index (Phi) is 5.64. The van der Waals surface area contributed by atoms with Crippen molar-refractivity contribution in [1.82, 2.24) is 10.6 Å². The van der Waals surface area contributed by atoms with Crippen LogP contribution in [0.5, 0.6) is 0 Å². The number of rotatable bonds is 4. The van der Waals surface area contributed by atoms with Crippen LogP contribution < -0.4 is 10.6 Å².